The first-order chi connectivity index (χ1) is 12.1. The van der Waals surface area contributed by atoms with E-state index in [1.54, 1.807) is 24.5 Å². The Kier molecular flexibility index (Phi) is 5.45. The molecule has 2 heterocycles. The Balaban J connectivity index is 1.74. The van der Waals surface area contributed by atoms with E-state index in [9.17, 15) is 4.79 Å². The molecule has 130 valence electrons. The van der Waals surface area contributed by atoms with Gasteiger partial charge in [0, 0.05) is 6.54 Å². The van der Waals surface area contributed by atoms with Crippen molar-refractivity contribution in [3.63, 3.8) is 0 Å². The summed E-state index contributed by atoms with van der Waals surface area (Å²) < 4.78 is 7.31. The molecule has 0 radical (unpaired) electrons. The highest BCUT2D eigenvalue weighted by Gasteiger charge is 2.21. The number of hydrogen-bond donors (Lipinski definition) is 1. The number of nitrogens with one attached hydrogen (secondary N) is 1. The van der Waals surface area contributed by atoms with E-state index in [2.05, 4.69) is 15.5 Å². The number of hydrogen-bond acceptors (Lipinski definition) is 5. The summed E-state index contributed by atoms with van der Waals surface area (Å²) in [5.74, 6) is 1.14. The predicted octanol–water partition coefficient (Wildman–Crippen LogP) is 4.33. The fourth-order valence-electron chi connectivity index (χ4n) is 2.26. The number of nitrogens with zero attached hydrogens (tertiary/aromatic N) is 3. The summed E-state index contributed by atoms with van der Waals surface area (Å²) in [6.45, 7) is 4.48. The SMILES string of the molecule is CCn1c(SC(C)C(=O)Nc2ccccc2Cl)nnc1-c1ccco1. The van der Waals surface area contributed by atoms with Crippen molar-refractivity contribution in [3.8, 4) is 11.6 Å². The number of thioether (sulfide) groups is 1. The Morgan fingerprint density at radius 2 is 2.12 bits per heavy atom. The van der Waals surface area contributed by atoms with Gasteiger partial charge in [-0.1, -0.05) is 35.5 Å². The molecule has 0 spiro atoms. The lowest BCUT2D eigenvalue weighted by Crippen LogP contribution is -2.23. The van der Waals surface area contributed by atoms with Gasteiger partial charge in [-0.2, -0.15) is 0 Å². The lowest BCUT2D eigenvalue weighted by molar-refractivity contribution is -0.115. The maximum absolute atomic E-state index is 12.4. The van der Waals surface area contributed by atoms with Crippen LogP contribution in [0.15, 0.2) is 52.2 Å². The first-order valence-corrected chi connectivity index (χ1v) is 9.05. The number of carbonyl (C=O) groups excluding carboxylic acids is 1. The van der Waals surface area contributed by atoms with E-state index in [4.69, 9.17) is 16.0 Å². The Morgan fingerprint density at radius 3 is 2.80 bits per heavy atom. The third-order valence-corrected chi connectivity index (χ3v) is 4.97. The maximum Gasteiger partial charge on any atom is 0.237 e. The minimum atomic E-state index is -0.366. The second-order valence-corrected chi connectivity index (χ2v) is 6.97. The van der Waals surface area contributed by atoms with Crippen molar-refractivity contribution in [2.45, 2.75) is 30.8 Å². The van der Waals surface area contributed by atoms with Crippen molar-refractivity contribution in [1.29, 1.82) is 0 Å². The molecule has 8 heteroatoms. The van der Waals surface area contributed by atoms with Gasteiger partial charge < -0.3 is 9.73 Å². The highest BCUT2D eigenvalue weighted by Crippen LogP contribution is 2.28. The Labute approximate surface area is 154 Å². The van der Waals surface area contributed by atoms with Gasteiger partial charge in [-0.25, -0.2) is 0 Å². The third kappa shape index (κ3) is 3.88. The largest absolute Gasteiger partial charge is 0.461 e. The number of benzene rings is 1. The van der Waals surface area contributed by atoms with E-state index >= 15 is 0 Å². The summed E-state index contributed by atoms with van der Waals surface area (Å²) in [4.78, 5) is 12.4. The van der Waals surface area contributed by atoms with E-state index in [0.29, 0.717) is 34.0 Å². The van der Waals surface area contributed by atoms with Gasteiger partial charge in [-0.05, 0) is 38.1 Å². The molecule has 0 bridgehead atoms. The molecule has 1 aromatic carbocycles. The van der Waals surface area contributed by atoms with Crippen LogP contribution in [0.3, 0.4) is 0 Å². The number of rotatable bonds is 6. The van der Waals surface area contributed by atoms with Crippen molar-refractivity contribution in [2.75, 3.05) is 5.32 Å². The van der Waals surface area contributed by atoms with Crippen molar-refractivity contribution in [2.24, 2.45) is 0 Å². The minimum Gasteiger partial charge on any atom is -0.461 e. The summed E-state index contributed by atoms with van der Waals surface area (Å²) in [6.07, 6.45) is 1.59. The van der Waals surface area contributed by atoms with Crippen LogP contribution in [0.5, 0.6) is 0 Å². The van der Waals surface area contributed by atoms with Gasteiger partial charge in [0.15, 0.2) is 16.7 Å². The maximum atomic E-state index is 12.4. The molecule has 1 N–H and O–H groups in total. The smallest absolute Gasteiger partial charge is 0.237 e. The molecule has 2 aromatic heterocycles. The standard InChI is InChI=1S/C17H17ClN4O2S/c1-3-22-15(14-9-6-10-24-14)20-21-17(22)25-11(2)16(23)19-13-8-5-4-7-12(13)18/h4-11H,3H2,1-2H3,(H,19,23). The van der Waals surface area contributed by atoms with Crippen LogP contribution in [0, 0.1) is 0 Å². The summed E-state index contributed by atoms with van der Waals surface area (Å²) in [5, 5.41) is 12.0. The number of halogens is 1. The molecule has 3 aromatic rings. The second kappa shape index (κ2) is 7.76. The van der Waals surface area contributed by atoms with Crippen LogP contribution in [-0.2, 0) is 11.3 Å². The zero-order valence-corrected chi connectivity index (χ0v) is 15.3. The predicted molar refractivity (Wildman–Crippen MR) is 98.8 cm³/mol. The summed E-state index contributed by atoms with van der Waals surface area (Å²) in [5.41, 5.74) is 0.592. The van der Waals surface area contributed by atoms with Gasteiger partial charge in [0.1, 0.15) is 0 Å². The molecule has 6 nitrogen and oxygen atoms in total. The van der Waals surface area contributed by atoms with Gasteiger partial charge >= 0.3 is 0 Å². The third-order valence-electron chi connectivity index (χ3n) is 3.56. The van der Waals surface area contributed by atoms with Gasteiger partial charge in [0.05, 0.1) is 22.2 Å². The zero-order valence-electron chi connectivity index (χ0n) is 13.8. The number of para-hydroxylation sites is 1. The molecule has 0 saturated heterocycles. The van der Waals surface area contributed by atoms with E-state index in [-0.39, 0.29) is 11.2 Å². The Bertz CT molecular complexity index is 863. The number of amides is 1. The molecule has 0 saturated carbocycles. The lowest BCUT2D eigenvalue weighted by Gasteiger charge is -2.13. The van der Waals surface area contributed by atoms with Crippen LogP contribution in [0.4, 0.5) is 5.69 Å². The molecule has 3 rings (SSSR count). The molecule has 0 fully saturated rings. The van der Waals surface area contributed by atoms with Crippen LogP contribution < -0.4 is 5.32 Å². The molecule has 0 aliphatic carbocycles. The Morgan fingerprint density at radius 1 is 1.32 bits per heavy atom. The van der Waals surface area contributed by atoms with E-state index in [1.165, 1.54) is 11.8 Å². The van der Waals surface area contributed by atoms with Crippen LogP contribution in [0.1, 0.15) is 13.8 Å². The topological polar surface area (TPSA) is 73.0 Å². The van der Waals surface area contributed by atoms with Crippen molar-refractivity contribution < 1.29 is 9.21 Å². The molecule has 1 unspecified atom stereocenters. The summed E-state index contributed by atoms with van der Waals surface area (Å²) in [7, 11) is 0. The van der Waals surface area contributed by atoms with E-state index < -0.39 is 0 Å². The average molecular weight is 377 g/mol. The second-order valence-electron chi connectivity index (χ2n) is 5.26. The highest BCUT2D eigenvalue weighted by molar-refractivity contribution is 8.00. The average Bonchev–Trinajstić information content (AvgIpc) is 3.25. The molecule has 1 amide bonds. The number of carbonyl (C=O) groups is 1. The van der Waals surface area contributed by atoms with Crippen LogP contribution >= 0.6 is 23.4 Å². The normalized spacial score (nSPS) is 12.1. The zero-order chi connectivity index (χ0) is 17.8. The number of anilines is 1. The van der Waals surface area contributed by atoms with Crippen molar-refractivity contribution in [3.05, 3.63) is 47.7 Å². The summed E-state index contributed by atoms with van der Waals surface area (Å²) >= 11 is 7.42. The number of furan rings is 1. The fraction of sp³-hybridized carbons (Fsp3) is 0.235. The number of aromatic nitrogens is 3. The van der Waals surface area contributed by atoms with Gasteiger partial charge in [-0.15, -0.1) is 10.2 Å². The lowest BCUT2D eigenvalue weighted by atomic mass is 10.3. The molecule has 25 heavy (non-hydrogen) atoms. The molecule has 1 atom stereocenters. The van der Waals surface area contributed by atoms with Crippen LogP contribution in [0.25, 0.3) is 11.6 Å². The van der Waals surface area contributed by atoms with Gasteiger partial charge in [0.2, 0.25) is 5.91 Å². The Hall–Kier alpha value is -2.25. The molecule has 0 aliphatic rings. The summed E-state index contributed by atoms with van der Waals surface area (Å²) in [6, 6.07) is 10.8. The van der Waals surface area contributed by atoms with E-state index in [0.717, 1.165) is 0 Å². The highest BCUT2D eigenvalue weighted by atomic mass is 35.5. The van der Waals surface area contributed by atoms with Crippen LogP contribution in [0.2, 0.25) is 5.02 Å². The van der Waals surface area contributed by atoms with E-state index in [1.807, 2.05) is 36.6 Å². The first-order valence-electron chi connectivity index (χ1n) is 7.79. The molecule has 0 aliphatic heterocycles. The molecular formula is C17H17ClN4O2S. The van der Waals surface area contributed by atoms with Crippen LogP contribution in [-0.4, -0.2) is 25.9 Å². The van der Waals surface area contributed by atoms with Crippen molar-refractivity contribution in [1.82, 2.24) is 14.8 Å². The van der Waals surface area contributed by atoms with Gasteiger partial charge in [0.25, 0.3) is 0 Å². The minimum absolute atomic E-state index is 0.150. The first kappa shape index (κ1) is 17.6. The molecular weight excluding hydrogens is 360 g/mol. The quantitative estimate of drug-likeness (QED) is 0.648. The fourth-order valence-corrected chi connectivity index (χ4v) is 3.35. The van der Waals surface area contributed by atoms with Gasteiger partial charge in [-0.3, -0.25) is 9.36 Å². The van der Waals surface area contributed by atoms with Crippen molar-refractivity contribution >= 4 is 35.0 Å². The monoisotopic (exact) mass is 376 g/mol.